The van der Waals surface area contributed by atoms with Crippen molar-refractivity contribution in [3.63, 3.8) is 0 Å². The van der Waals surface area contributed by atoms with Crippen molar-refractivity contribution in [2.75, 3.05) is 17.7 Å². The number of carbonyl (C=O) groups excluding carboxylic acids is 1. The predicted molar refractivity (Wildman–Crippen MR) is 63.7 cm³/mol. The van der Waals surface area contributed by atoms with E-state index < -0.39 is 0 Å². The number of rotatable bonds is 3. The topological polar surface area (TPSA) is 41.1 Å². The summed E-state index contributed by atoms with van der Waals surface area (Å²) in [5, 5.41) is 5.37. The monoisotopic (exact) mass is 226 g/mol. The molecule has 15 heavy (non-hydrogen) atoms. The van der Waals surface area contributed by atoms with Crippen LogP contribution in [0.15, 0.2) is 18.2 Å². The van der Waals surface area contributed by atoms with Crippen LogP contribution in [-0.2, 0) is 0 Å². The number of anilines is 1. The molecule has 2 amide bonds. The van der Waals surface area contributed by atoms with Gasteiger partial charge in [0, 0.05) is 18.1 Å². The third-order valence-corrected chi connectivity index (χ3v) is 2.33. The molecule has 2 N–H and O–H groups in total. The number of nitrogens with one attached hydrogen (secondary N) is 2. The Morgan fingerprint density at radius 2 is 2.07 bits per heavy atom. The zero-order valence-corrected chi connectivity index (χ0v) is 9.69. The number of halogens is 1. The van der Waals surface area contributed by atoms with Crippen LogP contribution in [0.4, 0.5) is 10.5 Å². The van der Waals surface area contributed by atoms with Gasteiger partial charge in [0.05, 0.1) is 0 Å². The van der Waals surface area contributed by atoms with Gasteiger partial charge in [-0.2, -0.15) is 0 Å². The van der Waals surface area contributed by atoms with Gasteiger partial charge in [-0.15, -0.1) is 11.6 Å². The molecule has 3 nitrogen and oxygen atoms in total. The molecule has 0 heterocycles. The minimum atomic E-state index is -0.223. The van der Waals surface area contributed by atoms with E-state index in [1.165, 1.54) is 5.56 Å². The van der Waals surface area contributed by atoms with Crippen LogP contribution < -0.4 is 10.6 Å². The first-order chi connectivity index (χ1) is 7.13. The molecule has 0 aromatic heterocycles. The summed E-state index contributed by atoms with van der Waals surface area (Å²) in [6, 6.07) is 5.57. The molecule has 0 saturated carbocycles. The van der Waals surface area contributed by atoms with Gasteiger partial charge in [0.15, 0.2) is 0 Å². The van der Waals surface area contributed by atoms with Crippen molar-refractivity contribution in [1.82, 2.24) is 5.32 Å². The van der Waals surface area contributed by atoms with Crippen LogP contribution in [0, 0.1) is 13.8 Å². The summed E-state index contributed by atoms with van der Waals surface area (Å²) < 4.78 is 0. The fraction of sp³-hybridized carbons (Fsp3) is 0.364. The van der Waals surface area contributed by atoms with Crippen LogP contribution in [0.25, 0.3) is 0 Å². The molecule has 82 valence electrons. The third-order valence-electron chi connectivity index (χ3n) is 2.14. The Labute approximate surface area is 94.8 Å². The highest BCUT2D eigenvalue weighted by Gasteiger charge is 2.01. The average Bonchev–Trinajstić information content (AvgIpc) is 2.20. The lowest BCUT2D eigenvalue weighted by atomic mass is 10.1. The van der Waals surface area contributed by atoms with Gasteiger partial charge in [-0.3, -0.25) is 0 Å². The number of amides is 2. The van der Waals surface area contributed by atoms with E-state index in [1.54, 1.807) is 0 Å². The Bertz CT molecular complexity index is 352. The first-order valence-corrected chi connectivity index (χ1v) is 5.35. The molecule has 1 aromatic rings. The summed E-state index contributed by atoms with van der Waals surface area (Å²) in [7, 11) is 0. The number of carbonyl (C=O) groups is 1. The molecule has 0 aliphatic rings. The van der Waals surface area contributed by atoms with Crippen molar-refractivity contribution in [2.45, 2.75) is 13.8 Å². The molecule has 1 rings (SSSR count). The van der Waals surface area contributed by atoms with E-state index in [1.807, 2.05) is 32.0 Å². The SMILES string of the molecule is Cc1ccc(NC(=O)NCCCl)cc1C. The first kappa shape index (κ1) is 11.9. The van der Waals surface area contributed by atoms with E-state index in [4.69, 9.17) is 11.6 Å². The summed E-state index contributed by atoms with van der Waals surface area (Å²) in [4.78, 5) is 11.3. The molecule has 0 atom stereocenters. The third kappa shape index (κ3) is 3.80. The Kier molecular flexibility index (Phi) is 4.43. The van der Waals surface area contributed by atoms with Crippen molar-refractivity contribution >= 4 is 23.3 Å². The minimum absolute atomic E-state index is 0.223. The Morgan fingerprint density at radius 3 is 2.67 bits per heavy atom. The Hall–Kier alpha value is -1.22. The second-order valence-corrected chi connectivity index (χ2v) is 3.75. The molecular weight excluding hydrogens is 212 g/mol. The number of alkyl halides is 1. The molecular formula is C11H15ClN2O. The summed E-state index contributed by atoms with van der Waals surface area (Å²) in [5.41, 5.74) is 3.16. The number of aryl methyl sites for hydroxylation is 2. The second-order valence-electron chi connectivity index (χ2n) is 3.37. The van der Waals surface area contributed by atoms with Gasteiger partial charge in [-0.1, -0.05) is 6.07 Å². The second kappa shape index (κ2) is 5.61. The molecule has 0 spiro atoms. The molecule has 4 heteroatoms. The average molecular weight is 227 g/mol. The summed E-state index contributed by atoms with van der Waals surface area (Å²) in [5.74, 6) is 0.417. The molecule has 0 radical (unpaired) electrons. The lowest BCUT2D eigenvalue weighted by molar-refractivity contribution is 0.252. The Morgan fingerprint density at radius 1 is 1.33 bits per heavy atom. The van der Waals surface area contributed by atoms with Gasteiger partial charge in [0.25, 0.3) is 0 Å². The van der Waals surface area contributed by atoms with Crippen molar-refractivity contribution < 1.29 is 4.79 Å². The molecule has 0 aliphatic carbocycles. The maximum absolute atomic E-state index is 11.3. The van der Waals surface area contributed by atoms with Crippen molar-refractivity contribution in [3.05, 3.63) is 29.3 Å². The van der Waals surface area contributed by atoms with Crippen LogP contribution in [0.2, 0.25) is 0 Å². The van der Waals surface area contributed by atoms with Crippen LogP contribution in [0.5, 0.6) is 0 Å². The zero-order chi connectivity index (χ0) is 11.3. The van der Waals surface area contributed by atoms with E-state index in [9.17, 15) is 4.79 Å². The highest BCUT2D eigenvalue weighted by Crippen LogP contribution is 2.13. The van der Waals surface area contributed by atoms with Gasteiger partial charge in [-0.05, 0) is 37.1 Å². The van der Waals surface area contributed by atoms with Crippen molar-refractivity contribution in [1.29, 1.82) is 0 Å². The van der Waals surface area contributed by atoms with Gasteiger partial charge in [-0.25, -0.2) is 4.79 Å². The standard InChI is InChI=1S/C11H15ClN2O/c1-8-3-4-10(7-9(8)2)14-11(15)13-6-5-12/h3-4,7H,5-6H2,1-2H3,(H2,13,14,15). The van der Waals surface area contributed by atoms with Crippen LogP contribution in [-0.4, -0.2) is 18.5 Å². The number of urea groups is 1. The lowest BCUT2D eigenvalue weighted by Gasteiger charge is -2.08. The molecule has 0 bridgehead atoms. The van der Waals surface area contributed by atoms with Gasteiger partial charge in [0.1, 0.15) is 0 Å². The Balaban J connectivity index is 2.57. The molecule has 1 aromatic carbocycles. The van der Waals surface area contributed by atoms with E-state index in [-0.39, 0.29) is 6.03 Å². The van der Waals surface area contributed by atoms with E-state index >= 15 is 0 Å². The normalized spacial score (nSPS) is 9.80. The lowest BCUT2D eigenvalue weighted by Crippen LogP contribution is -2.30. The highest BCUT2D eigenvalue weighted by atomic mass is 35.5. The largest absolute Gasteiger partial charge is 0.337 e. The smallest absolute Gasteiger partial charge is 0.319 e. The van der Waals surface area contributed by atoms with Gasteiger partial charge < -0.3 is 10.6 Å². The fourth-order valence-electron chi connectivity index (χ4n) is 1.16. The maximum atomic E-state index is 11.3. The van der Waals surface area contributed by atoms with E-state index in [0.29, 0.717) is 12.4 Å². The zero-order valence-electron chi connectivity index (χ0n) is 8.93. The van der Waals surface area contributed by atoms with Crippen molar-refractivity contribution in [2.24, 2.45) is 0 Å². The molecule has 0 saturated heterocycles. The van der Waals surface area contributed by atoms with Crippen LogP contribution in [0.3, 0.4) is 0 Å². The minimum Gasteiger partial charge on any atom is -0.337 e. The predicted octanol–water partition coefficient (Wildman–Crippen LogP) is 2.66. The number of hydrogen-bond donors (Lipinski definition) is 2. The van der Waals surface area contributed by atoms with Crippen molar-refractivity contribution in [3.8, 4) is 0 Å². The van der Waals surface area contributed by atoms with E-state index in [2.05, 4.69) is 10.6 Å². The summed E-state index contributed by atoms with van der Waals surface area (Å²) in [6.45, 7) is 4.52. The first-order valence-electron chi connectivity index (χ1n) is 4.81. The summed E-state index contributed by atoms with van der Waals surface area (Å²) in [6.07, 6.45) is 0. The quantitative estimate of drug-likeness (QED) is 0.765. The highest BCUT2D eigenvalue weighted by molar-refractivity contribution is 6.18. The van der Waals surface area contributed by atoms with Gasteiger partial charge >= 0.3 is 6.03 Å². The maximum Gasteiger partial charge on any atom is 0.319 e. The number of benzene rings is 1. The fourth-order valence-corrected chi connectivity index (χ4v) is 1.25. The van der Waals surface area contributed by atoms with Crippen LogP contribution in [0.1, 0.15) is 11.1 Å². The van der Waals surface area contributed by atoms with Crippen LogP contribution >= 0.6 is 11.6 Å². The molecule has 0 fully saturated rings. The summed E-state index contributed by atoms with van der Waals surface area (Å²) >= 11 is 5.45. The van der Waals surface area contributed by atoms with E-state index in [0.717, 1.165) is 11.3 Å². The molecule has 0 aliphatic heterocycles. The van der Waals surface area contributed by atoms with Gasteiger partial charge in [0.2, 0.25) is 0 Å². The number of hydrogen-bond acceptors (Lipinski definition) is 1. The molecule has 0 unspecified atom stereocenters.